The highest BCUT2D eigenvalue weighted by atomic mass is 32.2. The zero-order chi connectivity index (χ0) is 15.5. The molecule has 0 radical (unpaired) electrons. The van der Waals surface area contributed by atoms with E-state index in [1.54, 1.807) is 23.9 Å². The van der Waals surface area contributed by atoms with E-state index in [1.165, 1.54) is 6.07 Å². The number of hydrogen-bond donors (Lipinski definition) is 0. The first-order valence-electron chi connectivity index (χ1n) is 7.19. The van der Waals surface area contributed by atoms with E-state index in [4.69, 9.17) is 4.74 Å². The Morgan fingerprint density at radius 1 is 1.09 bits per heavy atom. The normalized spacial score (nSPS) is 13.0. The summed E-state index contributed by atoms with van der Waals surface area (Å²) in [5.41, 5.74) is 1.84. The topological polar surface area (TPSA) is 12.5 Å². The van der Waals surface area contributed by atoms with Crippen LogP contribution in [0.5, 0.6) is 11.5 Å². The number of thioether (sulfide) groups is 1. The van der Waals surface area contributed by atoms with Crippen molar-refractivity contribution >= 4 is 22.7 Å². The van der Waals surface area contributed by atoms with Gasteiger partial charge < -0.3 is 9.64 Å². The Kier molecular flexibility index (Phi) is 4.50. The summed E-state index contributed by atoms with van der Waals surface area (Å²) in [6.07, 6.45) is 2.08. The molecule has 0 spiro atoms. The van der Waals surface area contributed by atoms with Crippen LogP contribution in [0.15, 0.2) is 42.5 Å². The third-order valence-electron chi connectivity index (χ3n) is 3.43. The molecule has 0 saturated heterocycles. The highest BCUT2D eigenvalue weighted by molar-refractivity contribution is 8.08. The van der Waals surface area contributed by atoms with Crippen LogP contribution in [0.25, 0.3) is 11.0 Å². The van der Waals surface area contributed by atoms with E-state index in [2.05, 4.69) is 11.0 Å². The summed E-state index contributed by atoms with van der Waals surface area (Å²) < 4.78 is 19.7. The third kappa shape index (κ3) is 3.34. The van der Waals surface area contributed by atoms with Crippen LogP contribution in [0.3, 0.4) is 0 Å². The van der Waals surface area contributed by atoms with Crippen molar-refractivity contribution in [3.05, 3.63) is 59.4 Å². The van der Waals surface area contributed by atoms with Crippen LogP contribution in [-0.4, -0.2) is 31.3 Å². The van der Waals surface area contributed by atoms with Gasteiger partial charge in [-0.1, -0.05) is 18.2 Å². The SMILES string of the molecule is CN(C)CCSC1=Cc2ccccc2Oc2ccc(F)cc21. The largest absolute Gasteiger partial charge is 0.456 e. The molecular weight excluding hydrogens is 297 g/mol. The van der Waals surface area contributed by atoms with E-state index in [1.807, 2.05) is 38.4 Å². The summed E-state index contributed by atoms with van der Waals surface area (Å²) in [5, 5.41) is 0. The Morgan fingerprint density at radius 3 is 2.73 bits per heavy atom. The van der Waals surface area contributed by atoms with Crippen molar-refractivity contribution in [2.24, 2.45) is 0 Å². The number of halogens is 1. The molecule has 0 bridgehead atoms. The van der Waals surface area contributed by atoms with E-state index in [0.29, 0.717) is 5.75 Å². The van der Waals surface area contributed by atoms with Gasteiger partial charge in [0.15, 0.2) is 0 Å². The molecule has 4 heteroatoms. The summed E-state index contributed by atoms with van der Waals surface area (Å²) in [6, 6.07) is 12.6. The van der Waals surface area contributed by atoms with Gasteiger partial charge in [0.1, 0.15) is 17.3 Å². The Balaban J connectivity index is 2.00. The smallest absolute Gasteiger partial charge is 0.136 e. The first-order chi connectivity index (χ1) is 10.6. The van der Waals surface area contributed by atoms with Crippen molar-refractivity contribution < 1.29 is 9.13 Å². The maximum atomic E-state index is 13.7. The molecule has 22 heavy (non-hydrogen) atoms. The molecule has 0 aromatic heterocycles. The maximum Gasteiger partial charge on any atom is 0.136 e. The van der Waals surface area contributed by atoms with Crippen LogP contribution in [-0.2, 0) is 0 Å². The second kappa shape index (κ2) is 6.55. The van der Waals surface area contributed by atoms with Crippen molar-refractivity contribution in [1.82, 2.24) is 4.90 Å². The Morgan fingerprint density at radius 2 is 1.91 bits per heavy atom. The Bertz CT molecular complexity index is 712. The molecule has 1 heterocycles. The summed E-state index contributed by atoms with van der Waals surface area (Å²) in [7, 11) is 4.10. The predicted octanol–water partition coefficient (Wildman–Crippen LogP) is 4.72. The number of para-hydroxylation sites is 1. The highest BCUT2D eigenvalue weighted by Gasteiger charge is 2.17. The number of hydrogen-bond acceptors (Lipinski definition) is 3. The molecule has 1 aliphatic rings. The minimum absolute atomic E-state index is 0.243. The van der Waals surface area contributed by atoms with E-state index < -0.39 is 0 Å². The molecule has 0 N–H and O–H groups in total. The van der Waals surface area contributed by atoms with Gasteiger partial charge in [0.25, 0.3) is 0 Å². The molecule has 114 valence electrons. The quantitative estimate of drug-likeness (QED) is 0.810. The van der Waals surface area contributed by atoms with Crippen LogP contribution < -0.4 is 4.74 Å². The third-order valence-corrected chi connectivity index (χ3v) is 4.46. The molecule has 2 nitrogen and oxygen atoms in total. The van der Waals surface area contributed by atoms with Crippen LogP contribution in [0.1, 0.15) is 11.1 Å². The molecule has 0 unspecified atom stereocenters. The zero-order valence-corrected chi connectivity index (χ0v) is 13.5. The number of nitrogens with zero attached hydrogens (tertiary/aromatic N) is 1. The fourth-order valence-electron chi connectivity index (χ4n) is 2.27. The van der Waals surface area contributed by atoms with Gasteiger partial charge in [0.05, 0.1) is 0 Å². The second-order valence-electron chi connectivity index (χ2n) is 5.44. The molecule has 0 fully saturated rings. The molecule has 0 amide bonds. The molecule has 0 aliphatic carbocycles. The second-order valence-corrected chi connectivity index (χ2v) is 6.58. The average Bonchev–Trinajstić information content (AvgIpc) is 2.64. The van der Waals surface area contributed by atoms with Crippen LogP contribution in [0.4, 0.5) is 4.39 Å². The lowest BCUT2D eigenvalue weighted by Gasteiger charge is -2.12. The fourth-order valence-corrected chi connectivity index (χ4v) is 3.47. The van der Waals surface area contributed by atoms with Crippen molar-refractivity contribution in [3.63, 3.8) is 0 Å². The van der Waals surface area contributed by atoms with Crippen LogP contribution >= 0.6 is 11.8 Å². The lowest BCUT2D eigenvalue weighted by atomic mass is 10.1. The van der Waals surface area contributed by atoms with E-state index >= 15 is 0 Å². The van der Waals surface area contributed by atoms with Gasteiger partial charge >= 0.3 is 0 Å². The fraction of sp³-hybridized carbons (Fsp3) is 0.222. The minimum atomic E-state index is -0.243. The van der Waals surface area contributed by atoms with Gasteiger partial charge in [-0.05, 0) is 44.4 Å². The summed E-state index contributed by atoms with van der Waals surface area (Å²) in [4.78, 5) is 3.18. The zero-order valence-electron chi connectivity index (χ0n) is 12.7. The number of rotatable bonds is 4. The summed E-state index contributed by atoms with van der Waals surface area (Å²) >= 11 is 1.73. The molecule has 2 aromatic carbocycles. The lowest BCUT2D eigenvalue weighted by Crippen LogP contribution is -2.14. The molecule has 0 saturated carbocycles. The van der Waals surface area contributed by atoms with Crippen molar-refractivity contribution in [2.45, 2.75) is 0 Å². The van der Waals surface area contributed by atoms with Crippen molar-refractivity contribution in [3.8, 4) is 11.5 Å². The maximum absolute atomic E-state index is 13.7. The van der Waals surface area contributed by atoms with Crippen molar-refractivity contribution in [1.29, 1.82) is 0 Å². The van der Waals surface area contributed by atoms with Crippen LogP contribution in [0, 0.1) is 5.82 Å². The van der Waals surface area contributed by atoms with E-state index in [9.17, 15) is 4.39 Å². The molecule has 0 atom stereocenters. The summed E-state index contributed by atoms with van der Waals surface area (Å²) in [5.74, 6) is 2.21. The number of ether oxygens (including phenoxy) is 1. The van der Waals surface area contributed by atoms with Gasteiger partial charge in [-0.15, -0.1) is 11.8 Å². The number of benzene rings is 2. The van der Waals surface area contributed by atoms with Gasteiger partial charge in [0.2, 0.25) is 0 Å². The predicted molar refractivity (Wildman–Crippen MR) is 91.8 cm³/mol. The summed E-state index contributed by atoms with van der Waals surface area (Å²) in [6.45, 7) is 0.967. The lowest BCUT2D eigenvalue weighted by molar-refractivity contribution is 0.437. The average molecular weight is 315 g/mol. The van der Waals surface area contributed by atoms with Crippen LogP contribution in [0.2, 0.25) is 0 Å². The molecule has 2 aromatic rings. The van der Waals surface area contributed by atoms with Crippen molar-refractivity contribution in [2.75, 3.05) is 26.4 Å². The Labute approximate surface area is 134 Å². The first kappa shape index (κ1) is 15.1. The number of fused-ring (bicyclic) bond motifs is 2. The van der Waals surface area contributed by atoms with Gasteiger partial charge in [-0.3, -0.25) is 0 Å². The standard InChI is InChI=1S/C18H18FNOS/c1-20(2)9-10-22-18-11-13-5-3-4-6-16(13)21-17-8-7-14(19)12-15(17)18/h3-8,11-12H,9-10H2,1-2H3. The molecule has 1 aliphatic heterocycles. The van der Waals surface area contributed by atoms with Gasteiger partial charge in [-0.25, -0.2) is 4.39 Å². The Hall–Kier alpha value is -1.78. The van der Waals surface area contributed by atoms with Gasteiger partial charge in [-0.2, -0.15) is 0 Å². The highest BCUT2D eigenvalue weighted by Crippen LogP contribution is 2.42. The molecular formula is C18H18FNOS. The molecule has 3 rings (SSSR count). The monoisotopic (exact) mass is 315 g/mol. The van der Waals surface area contributed by atoms with E-state index in [-0.39, 0.29) is 5.82 Å². The van der Waals surface area contributed by atoms with Gasteiger partial charge in [0, 0.05) is 28.3 Å². The minimum Gasteiger partial charge on any atom is -0.456 e. The first-order valence-corrected chi connectivity index (χ1v) is 8.18. The van der Waals surface area contributed by atoms with E-state index in [0.717, 1.165) is 34.1 Å².